The molecule has 68 valence electrons. The average Bonchev–Trinajstić information content (AvgIpc) is 2.11. The number of carbonyl (C=O) groups is 1. The Labute approximate surface area is 72.9 Å². The lowest BCUT2D eigenvalue weighted by molar-refractivity contribution is -0.132. The van der Waals surface area contributed by atoms with Crippen LogP contribution in [0.3, 0.4) is 0 Å². The second-order valence-corrected chi connectivity index (χ2v) is 2.43. The highest BCUT2D eigenvalue weighted by atomic mass is 16.5. The molecule has 1 N–H and O–H groups in total. The molecule has 0 rings (SSSR count). The van der Waals surface area contributed by atoms with Crippen LogP contribution in [0.1, 0.15) is 26.7 Å². The van der Waals surface area contributed by atoms with E-state index in [0.717, 1.165) is 18.4 Å². The van der Waals surface area contributed by atoms with Gasteiger partial charge in [-0.3, -0.25) is 5.41 Å². The third-order valence-electron chi connectivity index (χ3n) is 1.58. The predicted octanol–water partition coefficient (Wildman–Crippen LogP) is 1.93. The first-order chi connectivity index (χ1) is 5.67. The number of ether oxygens (including phenoxy) is 1. The molecule has 0 saturated carbocycles. The molecular formula is C9H15NO2. The van der Waals surface area contributed by atoms with Gasteiger partial charge in [0.05, 0.1) is 7.11 Å². The van der Waals surface area contributed by atoms with Crippen molar-refractivity contribution in [1.82, 2.24) is 0 Å². The molecule has 0 radical (unpaired) electrons. The lowest BCUT2D eigenvalue weighted by Gasteiger charge is -2.04. The van der Waals surface area contributed by atoms with Crippen molar-refractivity contribution in [3.05, 3.63) is 11.6 Å². The second-order valence-electron chi connectivity index (χ2n) is 2.43. The normalized spacial score (nSPS) is 11.1. The third-order valence-corrected chi connectivity index (χ3v) is 1.58. The Bertz CT molecular complexity index is 207. The molecule has 3 heteroatoms. The molecule has 0 aliphatic rings. The van der Waals surface area contributed by atoms with Crippen molar-refractivity contribution in [2.24, 2.45) is 0 Å². The highest BCUT2D eigenvalue weighted by Gasteiger charge is 2.12. The lowest BCUT2D eigenvalue weighted by Crippen LogP contribution is -2.16. The zero-order chi connectivity index (χ0) is 9.56. The molecule has 0 fully saturated rings. The van der Waals surface area contributed by atoms with Crippen LogP contribution in [0.2, 0.25) is 0 Å². The van der Waals surface area contributed by atoms with Gasteiger partial charge in [-0.05, 0) is 18.9 Å². The van der Waals surface area contributed by atoms with Crippen LogP contribution in [-0.2, 0) is 9.53 Å². The van der Waals surface area contributed by atoms with Gasteiger partial charge in [0, 0.05) is 0 Å². The Balaban J connectivity index is 4.33. The van der Waals surface area contributed by atoms with Crippen LogP contribution in [0.15, 0.2) is 11.6 Å². The van der Waals surface area contributed by atoms with Crippen molar-refractivity contribution >= 4 is 11.7 Å². The Kier molecular flexibility index (Phi) is 5.00. The highest BCUT2D eigenvalue weighted by Crippen LogP contribution is 2.06. The number of methoxy groups -OCH3 is 1. The highest BCUT2D eigenvalue weighted by molar-refractivity contribution is 6.41. The molecule has 0 saturated heterocycles. The van der Waals surface area contributed by atoms with Crippen molar-refractivity contribution in [3.8, 4) is 0 Å². The third kappa shape index (κ3) is 2.86. The monoisotopic (exact) mass is 169 g/mol. The number of rotatable bonds is 4. The van der Waals surface area contributed by atoms with E-state index in [2.05, 4.69) is 4.74 Å². The van der Waals surface area contributed by atoms with E-state index in [-0.39, 0.29) is 5.71 Å². The number of allylic oxidation sites excluding steroid dienone is 1. The standard InChI is InChI=1S/C9H15NO2/c1-4-6-7(5-2)8(10)9(11)12-3/h5,10H,4,6H2,1-3H3/b7-5+,10-8?. The molecule has 0 atom stereocenters. The molecule has 12 heavy (non-hydrogen) atoms. The maximum atomic E-state index is 10.9. The van der Waals surface area contributed by atoms with Gasteiger partial charge in [0.2, 0.25) is 0 Å². The summed E-state index contributed by atoms with van der Waals surface area (Å²) in [6, 6.07) is 0. The van der Waals surface area contributed by atoms with Crippen molar-refractivity contribution in [2.75, 3.05) is 7.11 Å². The van der Waals surface area contributed by atoms with Gasteiger partial charge in [-0.2, -0.15) is 0 Å². The summed E-state index contributed by atoms with van der Waals surface area (Å²) in [6.07, 6.45) is 3.46. The van der Waals surface area contributed by atoms with Gasteiger partial charge in [-0.1, -0.05) is 19.4 Å². The molecule has 0 heterocycles. The van der Waals surface area contributed by atoms with Crippen LogP contribution in [0.25, 0.3) is 0 Å². The first-order valence-corrected chi connectivity index (χ1v) is 3.99. The van der Waals surface area contributed by atoms with Crippen LogP contribution in [0.4, 0.5) is 0 Å². The minimum Gasteiger partial charge on any atom is -0.464 e. The van der Waals surface area contributed by atoms with Crippen molar-refractivity contribution in [3.63, 3.8) is 0 Å². The maximum absolute atomic E-state index is 10.9. The Morgan fingerprint density at radius 2 is 2.17 bits per heavy atom. The van der Waals surface area contributed by atoms with Gasteiger partial charge in [0.25, 0.3) is 0 Å². The van der Waals surface area contributed by atoms with Crippen molar-refractivity contribution < 1.29 is 9.53 Å². The number of carbonyl (C=O) groups excluding carboxylic acids is 1. The van der Waals surface area contributed by atoms with Gasteiger partial charge >= 0.3 is 5.97 Å². The van der Waals surface area contributed by atoms with Gasteiger partial charge in [0.1, 0.15) is 5.71 Å². The minimum absolute atomic E-state index is 0.0261. The first-order valence-electron chi connectivity index (χ1n) is 3.99. The molecule has 3 nitrogen and oxygen atoms in total. The average molecular weight is 169 g/mol. The quantitative estimate of drug-likeness (QED) is 0.516. The molecule has 0 aliphatic heterocycles. The van der Waals surface area contributed by atoms with Crippen LogP contribution in [-0.4, -0.2) is 18.8 Å². The summed E-state index contributed by atoms with van der Waals surface area (Å²) in [5, 5.41) is 7.41. The summed E-state index contributed by atoms with van der Waals surface area (Å²) in [7, 11) is 1.29. The van der Waals surface area contributed by atoms with E-state index in [1.807, 2.05) is 13.8 Å². The van der Waals surface area contributed by atoms with E-state index < -0.39 is 5.97 Å². The number of hydrogen-bond donors (Lipinski definition) is 1. The zero-order valence-electron chi connectivity index (χ0n) is 7.81. The van der Waals surface area contributed by atoms with Gasteiger partial charge < -0.3 is 4.74 Å². The van der Waals surface area contributed by atoms with Crippen molar-refractivity contribution in [1.29, 1.82) is 5.41 Å². The van der Waals surface area contributed by atoms with E-state index in [9.17, 15) is 4.79 Å². The Morgan fingerprint density at radius 3 is 2.50 bits per heavy atom. The molecule has 0 aromatic rings. The van der Waals surface area contributed by atoms with Gasteiger partial charge in [0.15, 0.2) is 0 Å². The summed E-state index contributed by atoms with van der Waals surface area (Å²) in [6.45, 7) is 3.83. The summed E-state index contributed by atoms with van der Waals surface area (Å²) < 4.78 is 4.44. The summed E-state index contributed by atoms with van der Waals surface area (Å²) in [5.74, 6) is -0.559. The zero-order valence-corrected chi connectivity index (χ0v) is 7.81. The number of nitrogens with one attached hydrogen (secondary N) is 1. The number of esters is 1. The molecule has 0 aromatic carbocycles. The predicted molar refractivity (Wildman–Crippen MR) is 48.4 cm³/mol. The molecule has 0 aliphatic carbocycles. The largest absolute Gasteiger partial charge is 0.464 e. The molecule has 0 aromatic heterocycles. The van der Waals surface area contributed by atoms with Crippen molar-refractivity contribution in [2.45, 2.75) is 26.7 Å². The Hall–Kier alpha value is -1.12. The van der Waals surface area contributed by atoms with Crippen LogP contribution >= 0.6 is 0 Å². The van der Waals surface area contributed by atoms with Gasteiger partial charge in [-0.25, -0.2) is 4.79 Å². The van der Waals surface area contributed by atoms with E-state index in [1.54, 1.807) is 6.08 Å². The molecule has 0 bridgehead atoms. The molecule has 0 spiro atoms. The van der Waals surface area contributed by atoms with E-state index >= 15 is 0 Å². The maximum Gasteiger partial charge on any atom is 0.356 e. The van der Waals surface area contributed by atoms with E-state index in [1.165, 1.54) is 7.11 Å². The molecule has 0 amide bonds. The van der Waals surface area contributed by atoms with Crippen LogP contribution < -0.4 is 0 Å². The first kappa shape index (κ1) is 10.9. The fourth-order valence-corrected chi connectivity index (χ4v) is 0.916. The lowest BCUT2D eigenvalue weighted by atomic mass is 10.1. The second kappa shape index (κ2) is 5.52. The van der Waals surface area contributed by atoms with Gasteiger partial charge in [-0.15, -0.1) is 0 Å². The summed E-state index contributed by atoms with van der Waals surface area (Å²) >= 11 is 0. The smallest absolute Gasteiger partial charge is 0.356 e. The van der Waals surface area contributed by atoms with Crippen LogP contribution in [0, 0.1) is 5.41 Å². The summed E-state index contributed by atoms with van der Waals surface area (Å²) in [4.78, 5) is 10.9. The number of hydrogen-bond acceptors (Lipinski definition) is 3. The van der Waals surface area contributed by atoms with E-state index in [0.29, 0.717) is 0 Å². The van der Waals surface area contributed by atoms with Crippen LogP contribution in [0.5, 0.6) is 0 Å². The topological polar surface area (TPSA) is 50.2 Å². The molecule has 0 unspecified atom stereocenters. The fourth-order valence-electron chi connectivity index (χ4n) is 0.916. The molecular weight excluding hydrogens is 154 g/mol. The summed E-state index contributed by atoms with van der Waals surface area (Å²) in [5.41, 5.74) is 0.728. The van der Waals surface area contributed by atoms with E-state index in [4.69, 9.17) is 5.41 Å². The SMILES string of the molecule is C/C=C(\CCC)C(=N)C(=O)OC. The Morgan fingerprint density at radius 1 is 1.58 bits per heavy atom. The minimum atomic E-state index is -0.559. The fraction of sp³-hybridized carbons (Fsp3) is 0.556.